The number of carbonyl (C=O) groups excluding carboxylic acids is 1. The van der Waals surface area contributed by atoms with Gasteiger partial charge in [-0.25, -0.2) is 13.4 Å². The van der Waals surface area contributed by atoms with Gasteiger partial charge in [0.1, 0.15) is 5.82 Å². The van der Waals surface area contributed by atoms with Gasteiger partial charge in [-0.2, -0.15) is 9.40 Å². The van der Waals surface area contributed by atoms with Crippen LogP contribution in [0, 0.1) is 6.92 Å². The number of benzene rings is 3. The van der Waals surface area contributed by atoms with Crippen LogP contribution < -0.4 is 5.32 Å². The highest BCUT2D eigenvalue weighted by molar-refractivity contribution is 7.89. The van der Waals surface area contributed by atoms with E-state index in [1.54, 1.807) is 30.3 Å². The van der Waals surface area contributed by atoms with E-state index in [0.717, 1.165) is 11.1 Å². The van der Waals surface area contributed by atoms with E-state index in [9.17, 15) is 13.2 Å². The van der Waals surface area contributed by atoms with E-state index in [-0.39, 0.29) is 10.5 Å². The van der Waals surface area contributed by atoms with Gasteiger partial charge in [0.05, 0.1) is 4.90 Å². The fourth-order valence-electron chi connectivity index (χ4n) is 4.03. The largest absolute Gasteiger partial charge is 0.322 e. The zero-order chi connectivity index (χ0) is 23.7. The van der Waals surface area contributed by atoms with Crippen LogP contribution in [-0.4, -0.2) is 40.4 Å². The Hall–Kier alpha value is -3.82. The number of H-pyrrole nitrogens is 1. The summed E-state index contributed by atoms with van der Waals surface area (Å²) >= 11 is 0. The first-order valence-corrected chi connectivity index (χ1v) is 12.3. The van der Waals surface area contributed by atoms with Crippen LogP contribution in [0.4, 0.5) is 5.69 Å². The Kier molecular flexibility index (Phi) is 5.72. The summed E-state index contributed by atoms with van der Waals surface area (Å²) in [7, 11) is -3.74. The first-order valence-electron chi connectivity index (χ1n) is 10.9. The molecule has 2 heterocycles. The lowest BCUT2D eigenvalue weighted by Gasteiger charge is -2.28. The topological polar surface area (TPSA) is 108 Å². The first kappa shape index (κ1) is 22.0. The Labute approximate surface area is 197 Å². The normalized spacial score (nSPS) is 13.9. The molecule has 4 aromatic rings. The molecular formula is C25H23N5O3S. The van der Waals surface area contributed by atoms with Crippen LogP contribution in [0.25, 0.3) is 11.4 Å². The average molecular weight is 474 g/mol. The van der Waals surface area contributed by atoms with Crippen molar-refractivity contribution in [1.82, 2.24) is 19.5 Å². The van der Waals surface area contributed by atoms with Crippen molar-refractivity contribution < 1.29 is 13.2 Å². The smallest absolute Gasteiger partial charge is 0.255 e. The van der Waals surface area contributed by atoms with Crippen LogP contribution in [0.2, 0.25) is 0 Å². The molecule has 34 heavy (non-hydrogen) atoms. The van der Waals surface area contributed by atoms with Gasteiger partial charge in [-0.1, -0.05) is 42.5 Å². The van der Waals surface area contributed by atoms with Gasteiger partial charge in [0, 0.05) is 29.9 Å². The van der Waals surface area contributed by atoms with E-state index < -0.39 is 15.9 Å². The van der Waals surface area contributed by atoms with Crippen LogP contribution >= 0.6 is 0 Å². The molecule has 0 spiro atoms. The second-order valence-electron chi connectivity index (χ2n) is 8.16. The lowest BCUT2D eigenvalue weighted by Crippen LogP contribution is -2.36. The summed E-state index contributed by atoms with van der Waals surface area (Å²) < 4.78 is 28.1. The van der Waals surface area contributed by atoms with Gasteiger partial charge in [0.25, 0.3) is 5.91 Å². The number of sulfonamides is 1. The molecule has 8 nitrogen and oxygen atoms in total. The number of aromatic nitrogens is 3. The Morgan fingerprint density at radius 1 is 1.00 bits per heavy atom. The Bertz CT molecular complexity index is 1480. The van der Waals surface area contributed by atoms with Gasteiger partial charge in [-0.15, -0.1) is 0 Å². The number of anilines is 1. The summed E-state index contributed by atoms with van der Waals surface area (Å²) in [5, 5.41) is 9.77. The van der Waals surface area contributed by atoms with Gasteiger partial charge in [0.15, 0.2) is 5.82 Å². The molecule has 2 N–H and O–H groups in total. The molecule has 0 bridgehead atoms. The van der Waals surface area contributed by atoms with Gasteiger partial charge in [-0.05, 0) is 54.8 Å². The van der Waals surface area contributed by atoms with E-state index in [4.69, 9.17) is 0 Å². The molecular weight excluding hydrogens is 450 g/mol. The molecule has 0 unspecified atom stereocenters. The molecule has 1 aliphatic rings. The number of carbonyl (C=O) groups is 1. The van der Waals surface area contributed by atoms with E-state index in [1.807, 2.05) is 37.3 Å². The van der Waals surface area contributed by atoms with Gasteiger partial charge in [-0.3, -0.25) is 9.89 Å². The van der Waals surface area contributed by atoms with Gasteiger partial charge >= 0.3 is 0 Å². The van der Waals surface area contributed by atoms with Crippen LogP contribution in [0.1, 0.15) is 27.3 Å². The number of nitrogens with zero attached hydrogens (tertiary/aromatic N) is 3. The fourth-order valence-corrected chi connectivity index (χ4v) is 5.50. The molecule has 0 saturated carbocycles. The zero-order valence-corrected chi connectivity index (χ0v) is 19.3. The Morgan fingerprint density at radius 3 is 2.59 bits per heavy atom. The van der Waals surface area contributed by atoms with Crippen LogP contribution in [0.5, 0.6) is 0 Å². The number of amides is 1. The molecule has 0 atom stereocenters. The minimum atomic E-state index is -3.74. The summed E-state index contributed by atoms with van der Waals surface area (Å²) in [4.78, 5) is 17.3. The fraction of sp³-hybridized carbons (Fsp3) is 0.160. The van der Waals surface area contributed by atoms with Crippen molar-refractivity contribution in [2.45, 2.75) is 24.8 Å². The maximum atomic E-state index is 13.3. The molecule has 5 rings (SSSR count). The number of aromatic amines is 1. The number of hydrogen-bond acceptors (Lipinski definition) is 5. The Morgan fingerprint density at radius 2 is 1.79 bits per heavy atom. The third kappa shape index (κ3) is 4.35. The van der Waals surface area contributed by atoms with Crippen molar-refractivity contribution in [3.05, 3.63) is 95.3 Å². The molecule has 1 amide bonds. The predicted molar refractivity (Wildman–Crippen MR) is 129 cm³/mol. The lowest BCUT2D eigenvalue weighted by molar-refractivity contribution is 0.102. The first-order chi connectivity index (χ1) is 16.4. The molecule has 1 aromatic heterocycles. The van der Waals surface area contributed by atoms with Crippen LogP contribution in [0.15, 0.2) is 77.7 Å². The second-order valence-corrected chi connectivity index (χ2v) is 10.1. The van der Waals surface area contributed by atoms with Gasteiger partial charge in [0.2, 0.25) is 10.0 Å². The summed E-state index contributed by atoms with van der Waals surface area (Å²) in [6.45, 7) is 2.54. The van der Waals surface area contributed by atoms with Crippen LogP contribution in [0.3, 0.4) is 0 Å². The van der Waals surface area contributed by atoms with Crippen molar-refractivity contribution >= 4 is 21.6 Å². The quantitative estimate of drug-likeness (QED) is 0.459. The highest BCUT2D eigenvalue weighted by Crippen LogP contribution is 2.26. The highest BCUT2D eigenvalue weighted by atomic mass is 32.2. The average Bonchev–Trinajstić information content (AvgIpc) is 3.30. The molecule has 9 heteroatoms. The number of aryl methyl sites for hydroxylation is 1. The third-order valence-corrected chi connectivity index (χ3v) is 7.65. The molecule has 0 radical (unpaired) electrons. The second kappa shape index (κ2) is 8.85. The molecule has 172 valence electrons. The number of hydrogen-bond donors (Lipinski definition) is 2. The predicted octanol–water partition coefficient (Wildman–Crippen LogP) is 3.78. The van der Waals surface area contributed by atoms with Crippen molar-refractivity contribution in [1.29, 1.82) is 0 Å². The van der Waals surface area contributed by atoms with Gasteiger partial charge < -0.3 is 5.32 Å². The van der Waals surface area contributed by atoms with E-state index >= 15 is 0 Å². The van der Waals surface area contributed by atoms with Crippen molar-refractivity contribution in [3.8, 4) is 11.4 Å². The molecule has 3 aromatic carbocycles. The summed E-state index contributed by atoms with van der Waals surface area (Å²) in [6, 6.07) is 21.2. The van der Waals surface area contributed by atoms with E-state index in [1.165, 1.54) is 22.0 Å². The summed E-state index contributed by atoms with van der Waals surface area (Å²) in [5.41, 5.74) is 3.75. The van der Waals surface area contributed by atoms with Crippen LogP contribution in [-0.2, 0) is 23.0 Å². The van der Waals surface area contributed by atoms with E-state index in [0.29, 0.717) is 36.8 Å². The summed E-state index contributed by atoms with van der Waals surface area (Å²) in [6.07, 6.45) is 0.663. The zero-order valence-electron chi connectivity index (χ0n) is 18.5. The minimum Gasteiger partial charge on any atom is -0.322 e. The molecule has 0 aliphatic carbocycles. The molecule has 0 saturated heterocycles. The number of nitrogens with one attached hydrogen (secondary N) is 2. The monoisotopic (exact) mass is 473 g/mol. The standard InChI is InChI=1S/C25H23N5O3S/c1-17-26-24(29-28-17)19-8-4-10-22(14-19)27-25(31)20-9-5-11-23(15-20)34(32,33)30-13-12-18-6-2-3-7-21(18)16-30/h2-11,14-15H,12-13,16H2,1H3,(H,27,31)(H,26,28,29). The maximum absolute atomic E-state index is 13.3. The number of rotatable bonds is 5. The number of fused-ring (bicyclic) bond motifs is 1. The molecule has 1 aliphatic heterocycles. The van der Waals surface area contributed by atoms with Crippen molar-refractivity contribution in [2.24, 2.45) is 0 Å². The SMILES string of the molecule is Cc1nc(-c2cccc(NC(=O)c3cccc(S(=O)(=O)N4CCc5ccccc5C4)c3)c2)n[nH]1. The third-order valence-electron chi connectivity index (χ3n) is 5.81. The highest BCUT2D eigenvalue weighted by Gasteiger charge is 2.28. The van der Waals surface area contributed by atoms with Crippen molar-refractivity contribution in [2.75, 3.05) is 11.9 Å². The Balaban J connectivity index is 1.35. The van der Waals surface area contributed by atoms with Crippen molar-refractivity contribution in [3.63, 3.8) is 0 Å². The molecule has 0 fully saturated rings. The lowest BCUT2D eigenvalue weighted by atomic mass is 10.0. The minimum absolute atomic E-state index is 0.101. The summed E-state index contributed by atoms with van der Waals surface area (Å²) in [5.74, 6) is 0.828. The maximum Gasteiger partial charge on any atom is 0.255 e. The van der Waals surface area contributed by atoms with E-state index in [2.05, 4.69) is 20.5 Å².